The lowest BCUT2D eigenvalue weighted by molar-refractivity contribution is -0.164. The standard InChI is InChI=1S/C24H28FNO3.C3H6/c25-21-8-6-19(7-9-21)20-12-14-26(15-13-20)22-10-11-23(28-17-22)24(27)29-16-18-4-2-1-3-5-18;1-2-3-1/h1-9,20,22-23H,10-17H2;1-3H2. The van der Waals surface area contributed by atoms with Gasteiger partial charge in [0.05, 0.1) is 6.61 Å². The van der Waals surface area contributed by atoms with Crippen LogP contribution in [-0.4, -0.2) is 42.7 Å². The van der Waals surface area contributed by atoms with Gasteiger partial charge in [-0.3, -0.25) is 4.90 Å². The molecule has 2 atom stereocenters. The van der Waals surface area contributed by atoms with Gasteiger partial charge in [-0.25, -0.2) is 9.18 Å². The third kappa shape index (κ3) is 6.88. The van der Waals surface area contributed by atoms with Gasteiger partial charge >= 0.3 is 5.97 Å². The molecule has 2 saturated heterocycles. The molecule has 0 bridgehead atoms. The fourth-order valence-electron chi connectivity index (χ4n) is 4.37. The van der Waals surface area contributed by atoms with Crippen LogP contribution in [0.3, 0.4) is 0 Å². The number of nitrogens with zero attached hydrogens (tertiary/aromatic N) is 1. The smallest absolute Gasteiger partial charge is 0.335 e. The van der Waals surface area contributed by atoms with Gasteiger partial charge in [-0.05, 0) is 68.0 Å². The van der Waals surface area contributed by atoms with Crippen molar-refractivity contribution in [3.8, 4) is 0 Å². The van der Waals surface area contributed by atoms with Gasteiger partial charge in [0.15, 0.2) is 6.10 Å². The monoisotopic (exact) mass is 439 g/mol. The van der Waals surface area contributed by atoms with E-state index >= 15 is 0 Å². The number of halogens is 1. The molecule has 1 aliphatic carbocycles. The summed E-state index contributed by atoms with van der Waals surface area (Å²) in [6.45, 7) is 2.89. The van der Waals surface area contributed by atoms with E-state index in [0.29, 0.717) is 31.6 Å². The molecule has 0 N–H and O–H groups in total. The molecule has 172 valence electrons. The summed E-state index contributed by atoms with van der Waals surface area (Å²) in [6, 6.07) is 17.0. The zero-order valence-corrected chi connectivity index (χ0v) is 18.8. The third-order valence-corrected chi connectivity index (χ3v) is 6.48. The molecule has 3 aliphatic rings. The lowest BCUT2D eigenvalue weighted by Crippen LogP contribution is -2.47. The SMILES string of the molecule is C1CC1.O=C(OCc1ccccc1)C1CCC(N2CCC(c3ccc(F)cc3)CC2)CO1. The fourth-order valence-corrected chi connectivity index (χ4v) is 4.37. The molecule has 0 amide bonds. The van der Waals surface area contributed by atoms with Crippen molar-refractivity contribution < 1.29 is 18.7 Å². The Balaban J connectivity index is 0.000000754. The minimum absolute atomic E-state index is 0.178. The average molecular weight is 440 g/mol. The molecular formula is C27H34FNO3. The first-order chi connectivity index (χ1) is 15.7. The number of esters is 1. The number of hydrogen-bond acceptors (Lipinski definition) is 4. The van der Waals surface area contributed by atoms with E-state index in [-0.39, 0.29) is 11.8 Å². The van der Waals surface area contributed by atoms with Crippen molar-refractivity contribution in [2.24, 2.45) is 0 Å². The van der Waals surface area contributed by atoms with Crippen LogP contribution in [0.1, 0.15) is 62.0 Å². The van der Waals surface area contributed by atoms with Gasteiger partial charge < -0.3 is 9.47 Å². The lowest BCUT2D eigenvalue weighted by atomic mass is 9.88. The normalized spacial score (nSPS) is 23.7. The predicted molar refractivity (Wildman–Crippen MR) is 123 cm³/mol. The number of piperidine rings is 1. The Kier molecular flexibility index (Phi) is 8.30. The molecule has 0 spiro atoms. The van der Waals surface area contributed by atoms with Crippen LogP contribution in [-0.2, 0) is 20.9 Å². The van der Waals surface area contributed by atoms with Crippen molar-refractivity contribution in [3.63, 3.8) is 0 Å². The molecule has 0 radical (unpaired) electrons. The van der Waals surface area contributed by atoms with Crippen LogP contribution < -0.4 is 0 Å². The first-order valence-corrected chi connectivity index (χ1v) is 12.0. The van der Waals surface area contributed by atoms with E-state index in [1.54, 1.807) is 12.1 Å². The summed E-state index contributed by atoms with van der Waals surface area (Å²) in [5.41, 5.74) is 2.21. The zero-order chi connectivity index (χ0) is 22.2. The average Bonchev–Trinajstić information content (AvgIpc) is 3.74. The summed E-state index contributed by atoms with van der Waals surface area (Å²) in [7, 11) is 0. The predicted octanol–water partition coefficient (Wildman–Crippen LogP) is 5.47. The van der Waals surface area contributed by atoms with Gasteiger partial charge in [0, 0.05) is 6.04 Å². The molecule has 4 nitrogen and oxygen atoms in total. The van der Waals surface area contributed by atoms with E-state index in [1.165, 1.54) is 24.8 Å². The second kappa shape index (κ2) is 11.6. The molecule has 5 heteroatoms. The van der Waals surface area contributed by atoms with Gasteiger partial charge in [0.1, 0.15) is 12.4 Å². The molecule has 2 aromatic carbocycles. The van der Waals surface area contributed by atoms with Crippen LogP contribution in [0.2, 0.25) is 0 Å². The molecule has 2 aromatic rings. The van der Waals surface area contributed by atoms with Gasteiger partial charge in [0.2, 0.25) is 0 Å². The number of carbonyl (C=O) groups is 1. The van der Waals surface area contributed by atoms with Gasteiger partial charge in [-0.15, -0.1) is 0 Å². The largest absolute Gasteiger partial charge is 0.459 e. The number of rotatable bonds is 5. The third-order valence-electron chi connectivity index (χ3n) is 6.48. The van der Waals surface area contributed by atoms with E-state index in [4.69, 9.17) is 9.47 Å². The van der Waals surface area contributed by atoms with Crippen LogP contribution in [0.5, 0.6) is 0 Å². The van der Waals surface area contributed by atoms with Gasteiger partial charge in [-0.1, -0.05) is 61.7 Å². The topological polar surface area (TPSA) is 38.8 Å². The number of benzene rings is 2. The summed E-state index contributed by atoms with van der Waals surface area (Å²) in [5.74, 6) is 0.0572. The Morgan fingerprint density at radius 2 is 1.62 bits per heavy atom. The first kappa shape index (κ1) is 22.9. The van der Waals surface area contributed by atoms with Gasteiger partial charge in [-0.2, -0.15) is 0 Å². The molecule has 2 heterocycles. The van der Waals surface area contributed by atoms with Crippen LogP contribution in [0.15, 0.2) is 54.6 Å². The highest BCUT2D eigenvalue weighted by Gasteiger charge is 2.33. The van der Waals surface area contributed by atoms with Crippen LogP contribution in [0.25, 0.3) is 0 Å². The van der Waals surface area contributed by atoms with E-state index in [2.05, 4.69) is 4.90 Å². The highest BCUT2D eigenvalue weighted by molar-refractivity contribution is 5.74. The summed E-state index contributed by atoms with van der Waals surface area (Å²) in [4.78, 5) is 14.8. The quantitative estimate of drug-likeness (QED) is 0.580. The molecule has 2 aliphatic heterocycles. The summed E-state index contributed by atoms with van der Waals surface area (Å²) >= 11 is 0. The lowest BCUT2D eigenvalue weighted by Gasteiger charge is -2.40. The van der Waals surface area contributed by atoms with Crippen LogP contribution in [0, 0.1) is 5.82 Å². The Morgan fingerprint density at radius 3 is 2.22 bits per heavy atom. The van der Waals surface area contributed by atoms with Crippen LogP contribution >= 0.6 is 0 Å². The Bertz CT molecular complexity index is 821. The summed E-state index contributed by atoms with van der Waals surface area (Å²) in [5, 5.41) is 0. The number of carbonyl (C=O) groups excluding carboxylic acids is 1. The Labute approximate surface area is 190 Å². The minimum atomic E-state index is -0.452. The van der Waals surface area contributed by atoms with Crippen molar-refractivity contribution in [3.05, 3.63) is 71.5 Å². The number of likely N-dealkylation sites (tertiary alicyclic amines) is 1. The van der Waals surface area contributed by atoms with Gasteiger partial charge in [0.25, 0.3) is 0 Å². The highest BCUT2D eigenvalue weighted by atomic mass is 19.1. The molecule has 5 rings (SSSR count). The van der Waals surface area contributed by atoms with E-state index in [1.807, 2.05) is 42.5 Å². The fraction of sp³-hybridized carbons (Fsp3) is 0.519. The van der Waals surface area contributed by atoms with Crippen molar-refractivity contribution in [1.29, 1.82) is 0 Å². The molecule has 2 unspecified atom stereocenters. The highest BCUT2D eigenvalue weighted by Crippen LogP contribution is 2.31. The molecule has 0 aromatic heterocycles. The maximum Gasteiger partial charge on any atom is 0.335 e. The van der Waals surface area contributed by atoms with Crippen molar-refractivity contribution >= 4 is 5.97 Å². The summed E-state index contributed by atoms with van der Waals surface area (Å²) < 4.78 is 24.4. The van der Waals surface area contributed by atoms with Crippen molar-refractivity contribution in [1.82, 2.24) is 4.90 Å². The van der Waals surface area contributed by atoms with E-state index in [0.717, 1.165) is 37.9 Å². The second-order valence-corrected chi connectivity index (χ2v) is 9.07. The molecular weight excluding hydrogens is 405 g/mol. The Hall–Kier alpha value is -2.24. The molecule has 3 fully saturated rings. The zero-order valence-electron chi connectivity index (χ0n) is 18.8. The first-order valence-electron chi connectivity index (χ1n) is 12.0. The molecule has 32 heavy (non-hydrogen) atoms. The Morgan fingerprint density at radius 1 is 0.938 bits per heavy atom. The minimum Gasteiger partial charge on any atom is -0.459 e. The van der Waals surface area contributed by atoms with E-state index in [9.17, 15) is 9.18 Å². The van der Waals surface area contributed by atoms with Crippen molar-refractivity contribution in [2.45, 2.75) is 69.6 Å². The summed E-state index contributed by atoms with van der Waals surface area (Å²) in [6.07, 6.45) is 7.85. The maximum absolute atomic E-state index is 13.1. The van der Waals surface area contributed by atoms with Crippen LogP contribution in [0.4, 0.5) is 4.39 Å². The molecule has 1 saturated carbocycles. The van der Waals surface area contributed by atoms with Crippen molar-refractivity contribution in [2.75, 3.05) is 19.7 Å². The van der Waals surface area contributed by atoms with E-state index < -0.39 is 6.10 Å². The maximum atomic E-state index is 13.1. The number of ether oxygens (including phenoxy) is 2. The second-order valence-electron chi connectivity index (χ2n) is 9.07. The number of hydrogen-bond donors (Lipinski definition) is 0.